The molecule has 0 atom stereocenters. The second kappa shape index (κ2) is 10.5. The molecule has 0 N–H and O–H groups in total. The fraction of sp³-hybridized carbons (Fsp3) is 0.400. The van der Waals surface area contributed by atoms with Gasteiger partial charge in [0.15, 0.2) is 5.82 Å². The van der Waals surface area contributed by atoms with Gasteiger partial charge in [0, 0.05) is 18.7 Å². The average molecular weight is 556 g/mol. The number of nitrogens with zero attached hydrogens (tertiary/aromatic N) is 7. The molecule has 6 rings (SSSR count). The third kappa shape index (κ3) is 5.07. The maximum absolute atomic E-state index is 13.7. The molecule has 2 aromatic carbocycles. The van der Waals surface area contributed by atoms with E-state index in [2.05, 4.69) is 53.0 Å². The number of carbonyl (C=O) groups excluding carboxylic acids is 1. The summed E-state index contributed by atoms with van der Waals surface area (Å²) < 4.78 is 13.7. The standard InChI is InChI=1S/C30H33N7O4/c1-5-40-28(38)20-14-16-35(17-15-20)26-27-33-36(29(39)37(27)23-9-7-6-8-22(23)31-26)18-24-32-25(34-41-24)19-10-12-21(13-11-19)30(2,3)4/h6-13,20H,5,14-18H2,1-4H3. The summed E-state index contributed by atoms with van der Waals surface area (Å²) in [7, 11) is 0. The lowest BCUT2D eigenvalue weighted by Gasteiger charge is -2.31. The average Bonchev–Trinajstić information content (AvgIpc) is 3.57. The van der Waals surface area contributed by atoms with Gasteiger partial charge in [-0.05, 0) is 42.9 Å². The highest BCUT2D eigenvalue weighted by atomic mass is 16.5. The summed E-state index contributed by atoms with van der Waals surface area (Å²) in [6.07, 6.45) is 1.29. The van der Waals surface area contributed by atoms with Crippen LogP contribution in [0, 0.1) is 5.92 Å². The molecular weight excluding hydrogens is 522 g/mol. The van der Waals surface area contributed by atoms with E-state index in [1.807, 2.05) is 43.3 Å². The molecule has 41 heavy (non-hydrogen) atoms. The van der Waals surface area contributed by atoms with E-state index in [-0.39, 0.29) is 35.4 Å². The first-order chi connectivity index (χ1) is 19.7. The number of para-hydroxylation sites is 2. The largest absolute Gasteiger partial charge is 0.466 e. The van der Waals surface area contributed by atoms with Gasteiger partial charge in [0.05, 0.1) is 23.6 Å². The molecular formula is C30H33N7O4. The van der Waals surface area contributed by atoms with Gasteiger partial charge < -0.3 is 14.2 Å². The van der Waals surface area contributed by atoms with E-state index in [4.69, 9.17) is 14.2 Å². The van der Waals surface area contributed by atoms with Crippen molar-refractivity contribution in [3.8, 4) is 11.4 Å². The molecule has 1 aliphatic heterocycles. The van der Waals surface area contributed by atoms with Crippen molar-refractivity contribution in [3.63, 3.8) is 0 Å². The number of carbonyl (C=O) groups is 1. The number of piperidine rings is 1. The topological polar surface area (TPSA) is 121 Å². The van der Waals surface area contributed by atoms with Crippen molar-refractivity contribution < 1.29 is 14.1 Å². The summed E-state index contributed by atoms with van der Waals surface area (Å²) in [6.45, 7) is 9.91. The minimum absolute atomic E-state index is 0.0201. The summed E-state index contributed by atoms with van der Waals surface area (Å²) in [4.78, 5) is 37.4. The first-order valence-electron chi connectivity index (χ1n) is 14.0. The van der Waals surface area contributed by atoms with Crippen LogP contribution in [0.1, 0.15) is 52.0 Å². The van der Waals surface area contributed by atoms with Gasteiger partial charge >= 0.3 is 11.7 Å². The second-order valence-electron chi connectivity index (χ2n) is 11.4. The van der Waals surface area contributed by atoms with E-state index in [1.165, 1.54) is 10.2 Å². The number of rotatable bonds is 6. The van der Waals surface area contributed by atoms with Crippen LogP contribution in [0.5, 0.6) is 0 Å². The number of aromatic nitrogens is 6. The van der Waals surface area contributed by atoms with E-state index in [0.717, 1.165) is 5.56 Å². The monoisotopic (exact) mass is 555 g/mol. The van der Waals surface area contributed by atoms with Gasteiger partial charge in [-0.25, -0.2) is 18.9 Å². The Bertz CT molecular complexity index is 1770. The van der Waals surface area contributed by atoms with Crippen LogP contribution in [0.2, 0.25) is 0 Å². The number of hydrogen-bond acceptors (Lipinski definition) is 9. The highest BCUT2D eigenvalue weighted by molar-refractivity contribution is 5.83. The van der Waals surface area contributed by atoms with Crippen molar-refractivity contribution in [3.05, 3.63) is 70.5 Å². The Morgan fingerprint density at radius 1 is 1.05 bits per heavy atom. The van der Waals surface area contributed by atoms with Crippen molar-refractivity contribution in [2.45, 2.75) is 52.5 Å². The predicted molar refractivity (Wildman–Crippen MR) is 154 cm³/mol. The molecule has 1 saturated heterocycles. The van der Waals surface area contributed by atoms with E-state index >= 15 is 0 Å². The molecule has 0 saturated carbocycles. The SMILES string of the molecule is CCOC(=O)C1CCN(c2nc3ccccc3n3c(=O)n(Cc4nc(-c5ccc(C(C)(C)C)cc5)no4)nc23)CC1. The van der Waals surface area contributed by atoms with Gasteiger partial charge in [-0.2, -0.15) is 4.98 Å². The highest BCUT2D eigenvalue weighted by Crippen LogP contribution is 2.28. The number of anilines is 1. The molecule has 0 radical (unpaired) electrons. The van der Waals surface area contributed by atoms with E-state index in [1.54, 1.807) is 4.40 Å². The zero-order valence-corrected chi connectivity index (χ0v) is 23.7. The minimum Gasteiger partial charge on any atom is -0.466 e. The number of esters is 1. The highest BCUT2D eigenvalue weighted by Gasteiger charge is 2.29. The van der Waals surface area contributed by atoms with Crippen LogP contribution in [0.25, 0.3) is 28.1 Å². The van der Waals surface area contributed by atoms with E-state index < -0.39 is 0 Å². The molecule has 3 aromatic heterocycles. The van der Waals surface area contributed by atoms with Crippen LogP contribution < -0.4 is 10.6 Å². The summed E-state index contributed by atoms with van der Waals surface area (Å²) in [5.41, 5.74) is 3.55. The Hall–Kier alpha value is -4.54. The number of benzene rings is 2. The van der Waals surface area contributed by atoms with E-state index in [0.29, 0.717) is 60.9 Å². The third-order valence-electron chi connectivity index (χ3n) is 7.56. The summed E-state index contributed by atoms with van der Waals surface area (Å²) in [5, 5.41) is 8.82. The Labute approximate surface area is 236 Å². The normalized spacial score (nSPS) is 14.7. The van der Waals surface area contributed by atoms with Gasteiger partial charge in [-0.1, -0.05) is 62.3 Å². The van der Waals surface area contributed by atoms with Crippen LogP contribution >= 0.6 is 0 Å². The number of hydrogen-bond donors (Lipinski definition) is 0. The fourth-order valence-electron chi connectivity index (χ4n) is 5.27. The molecule has 11 nitrogen and oxygen atoms in total. The zero-order chi connectivity index (χ0) is 28.7. The van der Waals surface area contributed by atoms with Crippen molar-refractivity contribution in [1.29, 1.82) is 0 Å². The summed E-state index contributed by atoms with van der Waals surface area (Å²) >= 11 is 0. The molecule has 0 amide bonds. The fourth-order valence-corrected chi connectivity index (χ4v) is 5.27. The summed E-state index contributed by atoms with van der Waals surface area (Å²) in [5.74, 6) is 1.04. The predicted octanol–water partition coefficient (Wildman–Crippen LogP) is 4.22. The molecule has 0 bridgehead atoms. The van der Waals surface area contributed by atoms with Gasteiger partial charge in [-0.3, -0.25) is 4.79 Å². The van der Waals surface area contributed by atoms with Gasteiger partial charge in [-0.15, -0.1) is 5.10 Å². The zero-order valence-electron chi connectivity index (χ0n) is 23.7. The molecule has 1 fully saturated rings. The Morgan fingerprint density at radius 2 is 1.78 bits per heavy atom. The maximum atomic E-state index is 13.7. The maximum Gasteiger partial charge on any atom is 0.351 e. The lowest BCUT2D eigenvalue weighted by molar-refractivity contribution is -0.148. The van der Waals surface area contributed by atoms with Gasteiger partial charge in [0.2, 0.25) is 17.4 Å². The first kappa shape index (κ1) is 26.7. The Balaban J connectivity index is 1.32. The van der Waals surface area contributed by atoms with Crippen LogP contribution in [0.15, 0.2) is 57.8 Å². The molecule has 1 aliphatic rings. The van der Waals surface area contributed by atoms with Crippen molar-refractivity contribution in [1.82, 2.24) is 29.3 Å². The van der Waals surface area contributed by atoms with Crippen molar-refractivity contribution >= 4 is 28.5 Å². The van der Waals surface area contributed by atoms with Crippen LogP contribution in [-0.4, -0.2) is 55.0 Å². The van der Waals surface area contributed by atoms with Crippen LogP contribution in [0.3, 0.4) is 0 Å². The lowest BCUT2D eigenvalue weighted by Crippen LogP contribution is -2.37. The molecule has 0 spiro atoms. The molecule has 4 heterocycles. The molecule has 0 aliphatic carbocycles. The van der Waals surface area contributed by atoms with Crippen molar-refractivity contribution in [2.24, 2.45) is 5.92 Å². The smallest absolute Gasteiger partial charge is 0.351 e. The van der Waals surface area contributed by atoms with Gasteiger partial charge in [0.1, 0.15) is 6.54 Å². The second-order valence-corrected chi connectivity index (χ2v) is 11.4. The minimum atomic E-state index is -0.324. The van der Waals surface area contributed by atoms with E-state index in [9.17, 15) is 9.59 Å². The lowest BCUT2D eigenvalue weighted by atomic mass is 9.87. The Morgan fingerprint density at radius 3 is 2.49 bits per heavy atom. The molecule has 11 heteroatoms. The first-order valence-corrected chi connectivity index (χ1v) is 14.0. The van der Waals surface area contributed by atoms with Crippen LogP contribution in [0.4, 0.5) is 5.82 Å². The number of ether oxygens (including phenoxy) is 1. The number of fused-ring (bicyclic) bond motifs is 3. The van der Waals surface area contributed by atoms with Gasteiger partial charge in [0.25, 0.3) is 0 Å². The summed E-state index contributed by atoms with van der Waals surface area (Å²) in [6, 6.07) is 15.6. The van der Waals surface area contributed by atoms with Crippen molar-refractivity contribution in [2.75, 3.05) is 24.6 Å². The molecule has 212 valence electrons. The molecule has 5 aromatic rings. The Kier molecular flexibility index (Phi) is 6.80. The molecule has 0 unspecified atom stereocenters. The van der Waals surface area contributed by atoms with Crippen LogP contribution in [-0.2, 0) is 21.5 Å². The third-order valence-corrected chi connectivity index (χ3v) is 7.56. The quantitative estimate of drug-likeness (QED) is 0.284.